The van der Waals surface area contributed by atoms with Crippen molar-refractivity contribution in [1.82, 2.24) is 15.2 Å². The fourth-order valence-electron chi connectivity index (χ4n) is 4.08. The first kappa shape index (κ1) is 22.4. The minimum Gasteiger partial charge on any atom is -0.349 e. The Morgan fingerprint density at radius 1 is 1.23 bits per heavy atom. The summed E-state index contributed by atoms with van der Waals surface area (Å²) < 4.78 is 23.5. The molecule has 2 aliphatic heterocycles. The molecule has 2 aliphatic rings. The summed E-state index contributed by atoms with van der Waals surface area (Å²) in [5, 5.41) is 8.46. The van der Waals surface area contributed by atoms with Crippen LogP contribution in [-0.2, 0) is 19.4 Å². The zero-order chi connectivity index (χ0) is 21.7. The fraction of sp³-hybridized carbons (Fsp3) is 0.571. The van der Waals surface area contributed by atoms with Gasteiger partial charge in [0.05, 0.1) is 23.6 Å². The van der Waals surface area contributed by atoms with Gasteiger partial charge in [0.15, 0.2) is 9.84 Å². The van der Waals surface area contributed by atoms with E-state index >= 15 is 0 Å². The van der Waals surface area contributed by atoms with E-state index in [2.05, 4.69) is 29.2 Å². The largest absolute Gasteiger partial charge is 0.349 e. The third-order valence-electron chi connectivity index (χ3n) is 5.77. The van der Waals surface area contributed by atoms with Crippen LogP contribution in [0.25, 0.3) is 0 Å². The molecule has 9 heteroatoms. The molecular formula is C21H30N4O4S. The zero-order valence-electron chi connectivity index (χ0n) is 17.6. The van der Waals surface area contributed by atoms with Gasteiger partial charge in [-0.2, -0.15) is 5.10 Å². The van der Waals surface area contributed by atoms with Crippen LogP contribution in [0.5, 0.6) is 0 Å². The van der Waals surface area contributed by atoms with Gasteiger partial charge in [-0.15, -0.1) is 0 Å². The maximum Gasteiger partial charge on any atom is 0.267 e. The molecule has 8 nitrogen and oxygen atoms in total. The number of nitrogens with zero attached hydrogens (tertiary/aromatic N) is 3. The number of hydrogen-bond acceptors (Lipinski definition) is 6. The lowest BCUT2D eigenvalue weighted by atomic mass is 10.0. The van der Waals surface area contributed by atoms with Crippen LogP contribution < -0.4 is 5.32 Å². The number of amides is 2. The molecule has 0 aromatic heterocycles. The van der Waals surface area contributed by atoms with Crippen molar-refractivity contribution < 1.29 is 18.0 Å². The molecule has 0 radical (unpaired) electrons. The minimum absolute atomic E-state index is 0.0343. The van der Waals surface area contributed by atoms with Crippen molar-refractivity contribution in [3.05, 3.63) is 35.9 Å². The van der Waals surface area contributed by atoms with Crippen molar-refractivity contribution in [2.24, 2.45) is 5.10 Å². The summed E-state index contributed by atoms with van der Waals surface area (Å²) >= 11 is 0. The highest BCUT2D eigenvalue weighted by Crippen LogP contribution is 2.23. The Morgan fingerprint density at radius 3 is 2.53 bits per heavy atom. The molecule has 0 bridgehead atoms. The predicted octanol–water partition coefficient (Wildman–Crippen LogP) is 1.35. The van der Waals surface area contributed by atoms with E-state index in [1.54, 1.807) is 0 Å². The molecule has 30 heavy (non-hydrogen) atoms. The molecule has 2 heterocycles. The van der Waals surface area contributed by atoms with Crippen LogP contribution in [0.1, 0.15) is 44.7 Å². The highest BCUT2D eigenvalue weighted by molar-refractivity contribution is 7.91. The second-order valence-corrected chi connectivity index (χ2v) is 9.93. The number of hydrazone groups is 1. The monoisotopic (exact) mass is 434 g/mol. The summed E-state index contributed by atoms with van der Waals surface area (Å²) in [6, 6.07) is 9.59. The van der Waals surface area contributed by atoms with Crippen LogP contribution in [0.2, 0.25) is 0 Å². The van der Waals surface area contributed by atoms with Crippen LogP contribution in [0.15, 0.2) is 35.4 Å². The first-order chi connectivity index (χ1) is 14.3. The number of nitrogens with one attached hydrogen (secondary N) is 1. The maximum atomic E-state index is 12.8. The Bertz CT molecular complexity index is 897. The van der Waals surface area contributed by atoms with E-state index in [1.807, 2.05) is 30.3 Å². The van der Waals surface area contributed by atoms with Crippen LogP contribution >= 0.6 is 0 Å². The quantitative estimate of drug-likeness (QED) is 0.666. The summed E-state index contributed by atoms with van der Waals surface area (Å²) in [6.07, 6.45) is 0.799. The van der Waals surface area contributed by atoms with Crippen molar-refractivity contribution >= 4 is 27.4 Å². The van der Waals surface area contributed by atoms with E-state index in [0.717, 1.165) is 18.7 Å². The fourth-order valence-corrected chi connectivity index (χ4v) is 5.77. The first-order valence-electron chi connectivity index (χ1n) is 10.5. The summed E-state index contributed by atoms with van der Waals surface area (Å²) in [6.45, 7) is 6.31. The lowest BCUT2D eigenvalue weighted by molar-refractivity contribution is -0.133. The second kappa shape index (κ2) is 9.70. The molecule has 1 aromatic carbocycles. The van der Waals surface area contributed by atoms with Crippen molar-refractivity contribution in [1.29, 1.82) is 0 Å². The van der Waals surface area contributed by atoms with Gasteiger partial charge in [-0.25, -0.2) is 13.4 Å². The van der Waals surface area contributed by atoms with Crippen LogP contribution in [0, 0.1) is 0 Å². The van der Waals surface area contributed by atoms with Crippen LogP contribution in [0.3, 0.4) is 0 Å². The Labute approximate surface area is 178 Å². The van der Waals surface area contributed by atoms with Crippen LogP contribution in [-0.4, -0.2) is 73.0 Å². The highest BCUT2D eigenvalue weighted by Gasteiger charge is 2.37. The molecule has 1 saturated heterocycles. The van der Waals surface area contributed by atoms with Gasteiger partial charge in [0, 0.05) is 19.4 Å². The lowest BCUT2D eigenvalue weighted by Crippen LogP contribution is -2.45. The van der Waals surface area contributed by atoms with Gasteiger partial charge in [0.25, 0.3) is 5.91 Å². The Kier molecular flexibility index (Phi) is 7.25. The minimum atomic E-state index is -3.14. The number of rotatable bonds is 8. The summed E-state index contributed by atoms with van der Waals surface area (Å²) in [4.78, 5) is 27.4. The van der Waals surface area contributed by atoms with Gasteiger partial charge in [-0.05, 0) is 25.1 Å². The Balaban J connectivity index is 1.70. The van der Waals surface area contributed by atoms with Crippen molar-refractivity contribution in [2.45, 2.75) is 45.2 Å². The molecule has 1 aromatic rings. The molecule has 164 valence electrons. The average molecular weight is 435 g/mol. The Hall–Kier alpha value is -2.26. The van der Waals surface area contributed by atoms with E-state index in [4.69, 9.17) is 0 Å². The number of carbonyl (C=O) groups is 2. The van der Waals surface area contributed by atoms with Crippen molar-refractivity contribution in [2.75, 3.05) is 31.1 Å². The predicted molar refractivity (Wildman–Crippen MR) is 116 cm³/mol. The number of likely N-dealkylation sites (N-methyl/N-ethyl adjacent to an activating group) is 1. The first-order valence-corrected chi connectivity index (χ1v) is 12.3. The molecule has 2 atom stereocenters. The van der Waals surface area contributed by atoms with Gasteiger partial charge in [-0.1, -0.05) is 44.2 Å². The van der Waals surface area contributed by atoms with E-state index in [1.165, 1.54) is 5.01 Å². The van der Waals surface area contributed by atoms with Crippen molar-refractivity contribution in [3.63, 3.8) is 0 Å². The highest BCUT2D eigenvalue weighted by atomic mass is 32.2. The molecule has 0 spiro atoms. The number of carbonyl (C=O) groups excluding carboxylic acids is 2. The second-order valence-electron chi connectivity index (χ2n) is 7.70. The van der Waals surface area contributed by atoms with Gasteiger partial charge in [0.1, 0.15) is 5.71 Å². The molecular weight excluding hydrogens is 404 g/mol. The lowest BCUT2D eigenvalue weighted by Gasteiger charge is -2.31. The number of hydrogen-bond donors (Lipinski definition) is 1. The molecule has 0 aliphatic carbocycles. The van der Waals surface area contributed by atoms with E-state index < -0.39 is 15.9 Å². The molecule has 1 fully saturated rings. The van der Waals surface area contributed by atoms with E-state index in [9.17, 15) is 18.0 Å². The van der Waals surface area contributed by atoms with Crippen molar-refractivity contribution in [3.8, 4) is 0 Å². The molecule has 3 rings (SSSR count). The molecule has 1 N–H and O–H groups in total. The third-order valence-corrected chi connectivity index (χ3v) is 7.52. The number of benzene rings is 1. The SMILES string of the molecule is CCN(CC)C(CNC(=O)C1=NN(C2CCS(=O)(=O)C2)C(=O)CC1)c1ccccc1. The zero-order valence-corrected chi connectivity index (χ0v) is 18.4. The standard InChI is InChI=1S/C21H30N4O4S/c1-3-24(4-2)19(16-8-6-5-7-9-16)14-22-21(27)18-10-11-20(26)25(23-18)17-12-13-30(28,29)15-17/h5-9,17,19H,3-4,10-15H2,1-2H3,(H,22,27). The van der Waals surface area contributed by atoms with Gasteiger partial charge in [-0.3, -0.25) is 14.5 Å². The topological polar surface area (TPSA) is 99.2 Å². The van der Waals surface area contributed by atoms with E-state index in [0.29, 0.717) is 13.0 Å². The van der Waals surface area contributed by atoms with Gasteiger partial charge >= 0.3 is 0 Å². The Morgan fingerprint density at radius 2 is 1.93 bits per heavy atom. The maximum absolute atomic E-state index is 12.8. The molecule has 2 unspecified atom stereocenters. The summed E-state index contributed by atoms with van der Waals surface area (Å²) in [7, 11) is -3.14. The molecule has 0 saturated carbocycles. The smallest absolute Gasteiger partial charge is 0.267 e. The van der Waals surface area contributed by atoms with Crippen LogP contribution in [0.4, 0.5) is 0 Å². The van der Waals surface area contributed by atoms with Gasteiger partial charge in [0.2, 0.25) is 5.91 Å². The number of sulfone groups is 1. The molecule has 2 amide bonds. The summed E-state index contributed by atoms with van der Waals surface area (Å²) in [5.41, 5.74) is 1.41. The van der Waals surface area contributed by atoms with Gasteiger partial charge < -0.3 is 5.32 Å². The average Bonchev–Trinajstić information content (AvgIpc) is 3.11. The third kappa shape index (κ3) is 5.26. The normalized spacial score (nSPS) is 22.1. The van der Waals surface area contributed by atoms with E-state index in [-0.39, 0.29) is 47.9 Å². The summed E-state index contributed by atoms with van der Waals surface area (Å²) in [5.74, 6) is -0.559.